The number of ether oxygens (including phenoxy) is 1. The summed E-state index contributed by atoms with van der Waals surface area (Å²) in [5, 5.41) is 23.3. The van der Waals surface area contributed by atoms with E-state index in [0.717, 1.165) is 83.5 Å². The van der Waals surface area contributed by atoms with Gasteiger partial charge in [-0.05, 0) is 89.9 Å². The topological polar surface area (TPSA) is 95.9 Å². The molecule has 0 saturated carbocycles. The highest BCUT2D eigenvalue weighted by molar-refractivity contribution is 5.76. The predicted molar refractivity (Wildman–Crippen MR) is 292 cm³/mol. The molecule has 1 amide bonds. The van der Waals surface area contributed by atoms with Gasteiger partial charge >= 0.3 is 5.97 Å². The SMILES string of the molecule is CCCCC/C=C\C/C=C\CCCCCCCCCCCC(=O)OCCCCC/C=C\CCCCCCCC(=O)NC(CO)C(O)CCCCCCCCCCCCCCCCCCCCC. The van der Waals surface area contributed by atoms with Gasteiger partial charge in [-0.2, -0.15) is 0 Å². The minimum absolute atomic E-state index is 0.0261. The Hall–Kier alpha value is -1.92. The smallest absolute Gasteiger partial charge is 0.305 e. The first-order valence-electron chi connectivity index (χ1n) is 29.7. The largest absolute Gasteiger partial charge is 0.466 e. The first-order chi connectivity index (χ1) is 33.0. The molecule has 0 saturated heterocycles. The zero-order chi connectivity index (χ0) is 48.6. The fourth-order valence-electron chi connectivity index (χ4n) is 9.08. The molecule has 6 nitrogen and oxygen atoms in total. The molecule has 0 rings (SSSR count). The Kier molecular flexibility index (Phi) is 55.0. The van der Waals surface area contributed by atoms with Crippen molar-refractivity contribution >= 4 is 11.9 Å². The number of carbonyl (C=O) groups is 2. The number of allylic oxidation sites excluding steroid dienone is 6. The Morgan fingerprint density at radius 3 is 1.18 bits per heavy atom. The quantitative estimate of drug-likeness (QED) is 0.0321. The van der Waals surface area contributed by atoms with Crippen LogP contribution >= 0.6 is 0 Å². The predicted octanol–water partition coefficient (Wildman–Crippen LogP) is 18.4. The maximum absolute atomic E-state index is 12.5. The zero-order valence-corrected chi connectivity index (χ0v) is 44.9. The Bertz CT molecular complexity index is 1090. The van der Waals surface area contributed by atoms with Crippen LogP contribution in [-0.2, 0) is 14.3 Å². The number of unbranched alkanes of at least 4 members (excludes halogenated alkanes) is 38. The van der Waals surface area contributed by atoms with Crippen molar-refractivity contribution in [3.8, 4) is 0 Å². The molecule has 0 radical (unpaired) electrons. The first kappa shape index (κ1) is 65.1. The highest BCUT2D eigenvalue weighted by Gasteiger charge is 2.20. The molecule has 0 aliphatic carbocycles. The summed E-state index contributed by atoms with van der Waals surface area (Å²) in [6.45, 7) is 4.88. The van der Waals surface area contributed by atoms with Gasteiger partial charge in [-0.3, -0.25) is 9.59 Å². The van der Waals surface area contributed by atoms with Gasteiger partial charge in [0.25, 0.3) is 0 Å². The summed E-state index contributed by atoms with van der Waals surface area (Å²) in [5.74, 6) is -0.0852. The third kappa shape index (κ3) is 53.3. The first-order valence-corrected chi connectivity index (χ1v) is 29.7. The van der Waals surface area contributed by atoms with E-state index in [2.05, 4.69) is 55.6 Å². The van der Waals surface area contributed by atoms with Crippen LogP contribution in [0.15, 0.2) is 36.5 Å². The van der Waals surface area contributed by atoms with Crippen LogP contribution in [0.2, 0.25) is 0 Å². The van der Waals surface area contributed by atoms with Gasteiger partial charge in [0, 0.05) is 12.8 Å². The lowest BCUT2D eigenvalue weighted by molar-refractivity contribution is -0.143. The molecule has 67 heavy (non-hydrogen) atoms. The number of nitrogens with one attached hydrogen (secondary N) is 1. The number of carbonyl (C=O) groups excluding carboxylic acids is 2. The van der Waals surface area contributed by atoms with Crippen molar-refractivity contribution in [2.75, 3.05) is 13.2 Å². The van der Waals surface area contributed by atoms with Crippen molar-refractivity contribution in [2.45, 2.75) is 328 Å². The van der Waals surface area contributed by atoms with Crippen molar-refractivity contribution in [2.24, 2.45) is 0 Å². The van der Waals surface area contributed by atoms with Gasteiger partial charge in [0.05, 0.1) is 25.4 Å². The van der Waals surface area contributed by atoms with Gasteiger partial charge in [-0.25, -0.2) is 0 Å². The molecule has 2 unspecified atom stereocenters. The number of rotatable bonds is 55. The fraction of sp³-hybridized carbons (Fsp3) is 0.869. The maximum Gasteiger partial charge on any atom is 0.305 e. The maximum atomic E-state index is 12.5. The molecule has 0 aromatic heterocycles. The highest BCUT2D eigenvalue weighted by Crippen LogP contribution is 2.17. The van der Waals surface area contributed by atoms with E-state index in [4.69, 9.17) is 4.74 Å². The van der Waals surface area contributed by atoms with Crippen LogP contribution in [0.5, 0.6) is 0 Å². The second-order valence-electron chi connectivity index (χ2n) is 20.3. The number of amides is 1. The van der Waals surface area contributed by atoms with Crippen LogP contribution in [0.4, 0.5) is 0 Å². The lowest BCUT2D eigenvalue weighted by Crippen LogP contribution is -2.45. The molecule has 0 aromatic rings. The van der Waals surface area contributed by atoms with Crippen LogP contribution in [0.25, 0.3) is 0 Å². The lowest BCUT2D eigenvalue weighted by atomic mass is 10.0. The van der Waals surface area contributed by atoms with E-state index in [-0.39, 0.29) is 18.5 Å². The zero-order valence-electron chi connectivity index (χ0n) is 44.9. The summed E-state index contributed by atoms with van der Waals surface area (Å²) < 4.78 is 5.47. The molecule has 0 aromatic carbocycles. The van der Waals surface area contributed by atoms with E-state index in [1.165, 1.54) is 199 Å². The van der Waals surface area contributed by atoms with E-state index < -0.39 is 12.1 Å². The van der Waals surface area contributed by atoms with Crippen molar-refractivity contribution in [3.05, 3.63) is 36.5 Å². The summed E-state index contributed by atoms with van der Waals surface area (Å²) in [7, 11) is 0. The van der Waals surface area contributed by atoms with Gasteiger partial charge in [0.15, 0.2) is 0 Å². The molecule has 0 bridgehead atoms. The van der Waals surface area contributed by atoms with Gasteiger partial charge in [-0.1, -0.05) is 249 Å². The third-order valence-electron chi connectivity index (χ3n) is 13.7. The minimum Gasteiger partial charge on any atom is -0.466 e. The molecule has 6 heteroatoms. The van der Waals surface area contributed by atoms with E-state index in [9.17, 15) is 19.8 Å². The van der Waals surface area contributed by atoms with E-state index in [0.29, 0.717) is 25.9 Å². The summed E-state index contributed by atoms with van der Waals surface area (Å²) in [4.78, 5) is 24.6. The van der Waals surface area contributed by atoms with Crippen molar-refractivity contribution < 1.29 is 24.5 Å². The summed E-state index contributed by atoms with van der Waals surface area (Å²) >= 11 is 0. The molecule has 0 aliphatic rings. The molecule has 0 spiro atoms. The molecule has 2 atom stereocenters. The van der Waals surface area contributed by atoms with Crippen LogP contribution in [0.1, 0.15) is 316 Å². The van der Waals surface area contributed by atoms with Crippen LogP contribution in [0.3, 0.4) is 0 Å². The standard InChI is InChI=1S/C61H115NO5/c1-3-5-7-9-11-13-15-17-19-21-23-25-27-29-33-37-41-45-49-53-59(64)58(57-63)62-60(65)54-50-46-42-38-34-31-32-36-40-44-48-52-56-67-61(66)55-51-47-43-39-35-30-28-26-24-22-20-18-16-14-12-10-8-6-4-2/h12,14,18,20,32,36,58-59,63-64H,3-11,13,15-17,19,21-31,33-35,37-57H2,1-2H3,(H,62,65)/b14-12-,20-18-,36-32-. The van der Waals surface area contributed by atoms with Gasteiger partial charge in [0.2, 0.25) is 5.91 Å². The van der Waals surface area contributed by atoms with Gasteiger partial charge in [-0.15, -0.1) is 0 Å². The molecule has 0 fully saturated rings. The van der Waals surface area contributed by atoms with Crippen molar-refractivity contribution in [1.29, 1.82) is 0 Å². The Morgan fingerprint density at radius 1 is 0.418 bits per heavy atom. The van der Waals surface area contributed by atoms with Crippen LogP contribution < -0.4 is 5.32 Å². The monoisotopic (exact) mass is 942 g/mol. The molecule has 3 N–H and O–H groups in total. The van der Waals surface area contributed by atoms with Crippen LogP contribution in [-0.4, -0.2) is 47.4 Å². The van der Waals surface area contributed by atoms with Gasteiger partial charge in [0.1, 0.15) is 0 Å². The Balaban J connectivity index is 3.49. The summed E-state index contributed by atoms with van der Waals surface area (Å²) in [6.07, 6.45) is 69.9. The minimum atomic E-state index is -0.682. The average Bonchev–Trinajstić information content (AvgIpc) is 3.33. The molecule has 0 heterocycles. The van der Waals surface area contributed by atoms with Crippen molar-refractivity contribution in [1.82, 2.24) is 5.32 Å². The number of esters is 1. The molecular weight excluding hydrogens is 827 g/mol. The second kappa shape index (κ2) is 56.7. The number of aliphatic hydroxyl groups excluding tert-OH is 2. The highest BCUT2D eigenvalue weighted by atomic mass is 16.5. The normalized spacial score (nSPS) is 12.8. The summed E-state index contributed by atoms with van der Waals surface area (Å²) in [5.41, 5.74) is 0. The van der Waals surface area contributed by atoms with Gasteiger partial charge < -0.3 is 20.3 Å². The second-order valence-corrected chi connectivity index (χ2v) is 20.3. The molecule has 394 valence electrons. The Morgan fingerprint density at radius 2 is 0.746 bits per heavy atom. The molecule has 0 aliphatic heterocycles. The lowest BCUT2D eigenvalue weighted by Gasteiger charge is -2.22. The van der Waals surface area contributed by atoms with E-state index in [1.54, 1.807) is 0 Å². The van der Waals surface area contributed by atoms with Crippen LogP contribution in [0, 0.1) is 0 Å². The number of hydrogen-bond donors (Lipinski definition) is 3. The fourth-order valence-corrected chi connectivity index (χ4v) is 9.08. The summed E-state index contributed by atoms with van der Waals surface area (Å²) in [6, 6.07) is -0.562. The number of aliphatic hydroxyl groups is 2. The van der Waals surface area contributed by atoms with E-state index in [1.807, 2.05) is 0 Å². The Labute approximate surface area is 417 Å². The average molecular weight is 943 g/mol. The molecular formula is C61H115NO5. The third-order valence-corrected chi connectivity index (χ3v) is 13.7. The number of hydrogen-bond acceptors (Lipinski definition) is 5. The van der Waals surface area contributed by atoms with E-state index >= 15 is 0 Å². The van der Waals surface area contributed by atoms with Crippen molar-refractivity contribution in [3.63, 3.8) is 0 Å².